The Morgan fingerprint density at radius 3 is 2.48 bits per heavy atom. The van der Waals surface area contributed by atoms with Crippen molar-refractivity contribution in [3.8, 4) is 0 Å². The van der Waals surface area contributed by atoms with Crippen LogP contribution in [0.3, 0.4) is 0 Å². The molecule has 1 saturated carbocycles. The standard InChI is InChI=1S/C14H23N3O3S/c1-10-2-4-11(5-3-10)12-15-13(18)14(16-12)6-8-17(9-7-14)21(19)20/h10-11H,2-9H2,1H3,(H,19,20)(H,15,16,18). The molecule has 2 fully saturated rings. The third-order valence-corrected chi connectivity index (χ3v) is 5.98. The van der Waals surface area contributed by atoms with Gasteiger partial charge in [0.25, 0.3) is 5.91 Å². The Morgan fingerprint density at radius 1 is 1.29 bits per heavy atom. The zero-order valence-electron chi connectivity index (χ0n) is 12.4. The van der Waals surface area contributed by atoms with Gasteiger partial charge in [0.2, 0.25) is 11.3 Å². The van der Waals surface area contributed by atoms with Crippen molar-refractivity contribution in [2.75, 3.05) is 13.1 Å². The van der Waals surface area contributed by atoms with Crippen LogP contribution < -0.4 is 5.32 Å². The highest BCUT2D eigenvalue weighted by Crippen LogP contribution is 2.35. The minimum absolute atomic E-state index is 0.0144. The van der Waals surface area contributed by atoms with Gasteiger partial charge >= 0.3 is 0 Å². The number of aliphatic imine (C=N–C) groups is 1. The molecule has 0 aromatic heterocycles. The van der Waals surface area contributed by atoms with Gasteiger partial charge in [-0.2, -0.15) is 0 Å². The number of amides is 1. The van der Waals surface area contributed by atoms with Crippen molar-refractivity contribution in [3.05, 3.63) is 0 Å². The lowest BCUT2D eigenvalue weighted by Gasteiger charge is -2.33. The predicted molar refractivity (Wildman–Crippen MR) is 81.0 cm³/mol. The van der Waals surface area contributed by atoms with Crippen molar-refractivity contribution in [3.63, 3.8) is 0 Å². The van der Waals surface area contributed by atoms with E-state index in [4.69, 9.17) is 9.55 Å². The van der Waals surface area contributed by atoms with Crippen molar-refractivity contribution in [1.29, 1.82) is 0 Å². The number of rotatable bonds is 2. The minimum Gasteiger partial charge on any atom is -0.312 e. The van der Waals surface area contributed by atoms with Gasteiger partial charge in [-0.3, -0.25) is 14.3 Å². The predicted octanol–water partition coefficient (Wildman–Crippen LogP) is 1.31. The lowest BCUT2D eigenvalue weighted by molar-refractivity contribution is -0.125. The third kappa shape index (κ3) is 2.91. The number of hydrogen-bond acceptors (Lipinski definition) is 3. The normalized spacial score (nSPS) is 34.6. The minimum atomic E-state index is -1.94. The molecular weight excluding hydrogens is 290 g/mol. The summed E-state index contributed by atoms with van der Waals surface area (Å²) in [7, 11) is 0. The number of hydrogen-bond donors (Lipinski definition) is 2. The van der Waals surface area contributed by atoms with Crippen LogP contribution in [0.1, 0.15) is 45.4 Å². The Hall–Kier alpha value is -0.790. The van der Waals surface area contributed by atoms with Gasteiger partial charge < -0.3 is 5.32 Å². The van der Waals surface area contributed by atoms with E-state index in [2.05, 4.69) is 12.2 Å². The van der Waals surface area contributed by atoms with Crippen molar-refractivity contribution in [2.24, 2.45) is 16.8 Å². The van der Waals surface area contributed by atoms with Crippen molar-refractivity contribution in [2.45, 2.75) is 51.0 Å². The number of piperidine rings is 1. The van der Waals surface area contributed by atoms with Gasteiger partial charge in [0.15, 0.2) is 0 Å². The van der Waals surface area contributed by atoms with Crippen LogP contribution in [0, 0.1) is 11.8 Å². The van der Waals surface area contributed by atoms with E-state index in [9.17, 15) is 9.00 Å². The number of carbonyl (C=O) groups is 1. The summed E-state index contributed by atoms with van der Waals surface area (Å²) >= 11 is -1.94. The van der Waals surface area contributed by atoms with E-state index in [0.29, 0.717) is 31.8 Å². The first-order valence-corrected chi connectivity index (χ1v) is 8.84. The summed E-state index contributed by atoms with van der Waals surface area (Å²) < 4.78 is 21.7. The van der Waals surface area contributed by atoms with Gasteiger partial charge in [-0.1, -0.05) is 19.8 Å². The fourth-order valence-corrected chi connectivity index (χ4v) is 4.11. The fraction of sp³-hybridized carbons (Fsp3) is 0.857. The number of amidine groups is 1. The van der Waals surface area contributed by atoms with E-state index in [0.717, 1.165) is 24.6 Å². The molecule has 1 atom stereocenters. The largest absolute Gasteiger partial charge is 0.312 e. The van der Waals surface area contributed by atoms with Crippen molar-refractivity contribution >= 4 is 23.0 Å². The van der Waals surface area contributed by atoms with E-state index < -0.39 is 16.8 Å². The van der Waals surface area contributed by atoms with Crippen molar-refractivity contribution < 1.29 is 13.6 Å². The Balaban J connectivity index is 1.69. The highest BCUT2D eigenvalue weighted by Gasteiger charge is 2.47. The van der Waals surface area contributed by atoms with Crippen LogP contribution in [0.4, 0.5) is 0 Å². The van der Waals surface area contributed by atoms with E-state index in [-0.39, 0.29) is 5.91 Å². The molecule has 0 radical (unpaired) electrons. The summed E-state index contributed by atoms with van der Waals surface area (Å²) in [6.07, 6.45) is 5.65. The Bertz CT molecular complexity index is 478. The molecule has 3 aliphatic rings. The summed E-state index contributed by atoms with van der Waals surface area (Å²) in [6.45, 7) is 3.15. The van der Waals surface area contributed by atoms with Gasteiger partial charge in [-0.25, -0.2) is 8.51 Å². The molecule has 0 aromatic rings. The maximum Gasteiger partial charge on any atom is 0.253 e. The molecule has 1 aliphatic carbocycles. The Labute approximate surface area is 127 Å². The molecule has 1 unspecified atom stereocenters. The monoisotopic (exact) mass is 313 g/mol. The van der Waals surface area contributed by atoms with E-state index >= 15 is 0 Å². The third-order valence-electron chi connectivity index (χ3n) is 5.17. The van der Waals surface area contributed by atoms with E-state index in [1.165, 1.54) is 17.1 Å². The quantitative estimate of drug-likeness (QED) is 0.754. The van der Waals surface area contributed by atoms with Crippen LogP contribution in [-0.4, -0.2) is 43.4 Å². The molecular formula is C14H23N3O3S. The van der Waals surface area contributed by atoms with E-state index in [1.54, 1.807) is 0 Å². The fourth-order valence-electron chi connectivity index (χ4n) is 3.62. The molecule has 3 rings (SSSR count). The zero-order valence-corrected chi connectivity index (χ0v) is 13.2. The molecule has 7 heteroatoms. The summed E-state index contributed by atoms with van der Waals surface area (Å²) in [5.41, 5.74) is -0.686. The van der Waals surface area contributed by atoms with Crippen LogP contribution in [0.2, 0.25) is 0 Å². The number of carbonyl (C=O) groups excluding carboxylic acids is 1. The zero-order chi connectivity index (χ0) is 15.0. The van der Waals surface area contributed by atoms with Crippen molar-refractivity contribution in [1.82, 2.24) is 9.62 Å². The molecule has 2 aliphatic heterocycles. The van der Waals surface area contributed by atoms with Crippen LogP contribution in [0.25, 0.3) is 0 Å². The molecule has 1 amide bonds. The van der Waals surface area contributed by atoms with Crippen LogP contribution in [0.15, 0.2) is 4.99 Å². The second-order valence-corrected chi connectivity index (χ2v) is 7.58. The lowest BCUT2D eigenvalue weighted by Crippen LogP contribution is -2.49. The van der Waals surface area contributed by atoms with Gasteiger partial charge in [-0.05, 0) is 31.6 Å². The number of nitrogens with one attached hydrogen (secondary N) is 1. The molecule has 1 saturated heterocycles. The van der Waals surface area contributed by atoms with Crippen LogP contribution in [0.5, 0.6) is 0 Å². The molecule has 0 aromatic carbocycles. The SMILES string of the molecule is CC1CCC(C2=NC3(CCN(S(=O)O)CC3)C(=O)N2)CC1. The molecule has 21 heavy (non-hydrogen) atoms. The maximum atomic E-state index is 12.4. The average Bonchev–Trinajstić information content (AvgIpc) is 2.77. The highest BCUT2D eigenvalue weighted by atomic mass is 32.2. The molecule has 118 valence electrons. The first-order valence-electron chi connectivity index (χ1n) is 7.77. The van der Waals surface area contributed by atoms with Gasteiger partial charge in [0.05, 0.1) is 0 Å². The number of nitrogens with zero attached hydrogens (tertiary/aromatic N) is 2. The molecule has 6 nitrogen and oxygen atoms in total. The molecule has 2 N–H and O–H groups in total. The summed E-state index contributed by atoms with van der Waals surface area (Å²) in [6, 6.07) is 0. The maximum absolute atomic E-state index is 12.4. The second kappa shape index (κ2) is 5.78. The smallest absolute Gasteiger partial charge is 0.253 e. The second-order valence-electron chi connectivity index (χ2n) is 6.60. The van der Waals surface area contributed by atoms with Crippen LogP contribution >= 0.6 is 0 Å². The van der Waals surface area contributed by atoms with Gasteiger partial charge in [-0.15, -0.1) is 0 Å². The Morgan fingerprint density at radius 2 is 1.90 bits per heavy atom. The first-order chi connectivity index (χ1) is 10.00. The summed E-state index contributed by atoms with van der Waals surface area (Å²) in [4.78, 5) is 17.1. The average molecular weight is 313 g/mol. The lowest BCUT2D eigenvalue weighted by atomic mass is 9.82. The highest BCUT2D eigenvalue weighted by molar-refractivity contribution is 7.76. The van der Waals surface area contributed by atoms with Gasteiger partial charge in [0.1, 0.15) is 11.4 Å². The molecule has 2 heterocycles. The van der Waals surface area contributed by atoms with E-state index in [1.807, 2.05) is 0 Å². The Kier molecular flexibility index (Phi) is 4.16. The summed E-state index contributed by atoms with van der Waals surface area (Å²) in [5, 5.41) is 3.00. The first kappa shape index (κ1) is 15.1. The molecule has 0 bridgehead atoms. The topological polar surface area (TPSA) is 82.0 Å². The van der Waals surface area contributed by atoms with Gasteiger partial charge in [0, 0.05) is 19.0 Å². The summed E-state index contributed by atoms with van der Waals surface area (Å²) in [5.74, 6) is 2.01. The molecule has 1 spiro atoms. The van der Waals surface area contributed by atoms with Crippen LogP contribution in [-0.2, 0) is 16.1 Å².